The normalized spacial score (nSPS) is 22.2. The van der Waals surface area contributed by atoms with Gasteiger partial charge in [0.2, 0.25) is 5.91 Å². The van der Waals surface area contributed by atoms with Crippen LogP contribution >= 0.6 is 0 Å². The minimum Gasteiger partial charge on any atom is -0.476 e. The number of hydrogen-bond donors (Lipinski definition) is 2. The Morgan fingerprint density at radius 1 is 1.43 bits per heavy atom. The first-order chi connectivity index (χ1) is 9.97. The third-order valence-electron chi connectivity index (χ3n) is 4.09. The van der Waals surface area contributed by atoms with Crippen molar-refractivity contribution in [2.45, 2.75) is 52.1 Å². The van der Waals surface area contributed by atoms with Crippen LogP contribution in [0.2, 0.25) is 0 Å². The van der Waals surface area contributed by atoms with Crippen LogP contribution in [0.15, 0.2) is 6.20 Å². The minimum absolute atomic E-state index is 0.00158. The zero-order chi connectivity index (χ0) is 15.4. The van der Waals surface area contributed by atoms with Gasteiger partial charge >= 0.3 is 5.97 Å². The Morgan fingerprint density at radius 2 is 2.14 bits per heavy atom. The zero-order valence-corrected chi connectivity index (χ0v) is 12.5. The number of hydrogen-bond acceptors (Lipinski definition) is 4. The molecule has 0 aliphatic heterocycles. The van der Waals surface area contributed by atoms with Crippen molar-refractivity contribution >= 4 is 11.9 Å². The number of carbonyl (C=O) groups excluding carboxylic acids is 1. The van der Waals surface area contributed by atoms with E-state index in [2.05, 4.69) is 29.5 Å². The summed E-state index contributed by atoms with van der Waals surface area (Å²) in [6.07, 6.45) is 5.78. The molecule has 0 spiro atoms. The summed E-state index contributed by atoms with van der Waals surface area (Å²) >= 11 is 0. The highest BCUT2D eigenvalue weighted by Gasteiger charge is 2.28. The maximum Gasteiger partial charge on any atom is 0.358 e. The molecule has 1 heterocycles. The molecule has 0 radical (unpaired) electrons. The van der Waals surface area contributed by atoms with E-state index in [1.807, 2.05) is 0 Å². The molecule has 0 aromatic carbocycles. The van der Waals surface area contributed by atoms with E-state index in [1.54, 1.807) is 0 Å². The fourth-order valence-corrected chi connectivity index (χ4v) is 3.01. The summed E-state index contributed by atoms with van der Waals surface area (Å²) < 4.78 is 1.26. The van der Waals surface area contributed by atoms with Crippen LogP contribution in [0.1, 0.15) is 50.0 Å². The number of nitrogens with one attached hydrogen (secondary N) is 1. The molecule has 1 aromatic heterocycles. The summed E-state index contributed by atoms with van der Waals surface area (Å²) in [5, 5.41) is 19.0. The molecule has 116 valence electrons. The molecular weight excluding hydrogens is 272 g/mol. The fraction of sp³-hybridized carbons (Fsp3) is 0.714. The second-order valence-electron chi connectivity index (χ2n) is 5.97. The number of aromatic carboxylic acids is 1. The molecule has 1 aliphatic rings. The predicted octanol–water partition coefficient (Wildman–Crippen LogP) is 1.31. The van der Waals surface area contributed by atoms with E-state index in [-0.39, 0.29) is 24.2 Å². The Balaban J connectivity index is 1.92. The Hall–Kier alpha value is -1.92. The number of carbonyl (C=O) groups is 2. The molecule has 2 rings (SSSR count). The molecule has 1 fully saturated rings. The van der Waals surface area contributed by atoms with Gasteiger partial charge in [-0.1, -0.05) is 31.9 Å². The van der Waals surface area contributed by atoms with Gasteiger partial charge in [0.1, 0.15) is 6.54 Å². The summed E-state index contributed by atoms with van der Waals surface area (Å²) in [6, 6.07) is 0.203. The molecule has 2 unspecified atom stereocenters. The third kappa shape index (κ3) is 4.03. The van der Waals surface area contributed by atoms with E-state index in [0.717, 1.165) is 19.3 Å². The van der Waals surface area contributed by atoms with Crippen molar-refractivity contribution in [1.82, 2.24) is 20.3 Å². The Labute approximate surface area is 123 Å². The van der Waals surface area contributed by atoms with Crippen molar-refractivity contribution in [1.29, 1.82) is 0 Å². The van der Waals surface area contributed by atoms with Crippen molar-refractivity contribution in [2.24, 2.45) is 11.8 Å². The predicted molar refractivity (Wildman–Crippen MR) is 75.7 cm³/mol. The quantitative estimate of drug-likeness (QED) is 0.853. The summed E-state index contributed by atoms with van der Waals surface area (Å²) in [6.45, 7) is 4.37. The van der Waals surface area contributed by atoms with Gasteiger partial charge in [0.25, 0.3) is 0 Å². The second kappa shape index (κ2) is 6.69. The van der Waals surface area contributed by atoms with Crippen LogP contribution in [0.4, 0.5) is 0 Å². The van der Waals surface area contributed by atoms with Crippen molar-refractivity contribution < 1.29 is 14.7 Å². The Kier molecular flexibility index (Phi) is 4.93. The van der Waals surface area contributed by atoms with E-state index in [0.29, 0.717) is 11.8 Å². The average Bonchev–Trinajstić information content (AvgIpc) is 2.87. The Bertz CT molecular complexity index is 512. The van der Waals surface area contributed by atoms with Crippen molar-refractivity contribution in [2.75, 3.05) is 0 Å². The van der Waals surface area contributed by atoms with Crippen molar-refractivity contribution in [3.63, 3.8) is 0 Å². The second-order valence-corrected chi connectivity index (χ2v) is 5.97. The lowest BCUT2D eigenvalue weighted by molar-refractivity contribution is -0.123. The number of carboxylic acids is 1. The molecular formula is C14H22N4O3. The molecule has 2 N–H and O–H groups in total. The largest absolute Gasteiger partial charge is 0.476 e. The van der Waals surface area contributed by atoms with Crippen LogP contribution in [-0.2, 0) is 11.3 Å². The number of carboxylic acid groups (broad SMARTS) is 1. The van der Waals surface area contributed by atoms with Gasteiger partial charge in [-0.15, -0.1) is 5.10 Å². The first-order valence-corrected chi connectivity index (χ1v) is 7.40. The monoisotopic (exact) mass is 294 g/mol. The van der Waals surface area contributed by atoms with Gasteiger partial charge in [0.05, 0.1) is 6.20 Å². The molecule has 1 amide bonds. The maximum atomic E-state index is 12.1. The molecule has 1 saturated carbocycles. The van der Waals surface area contributed by atoms with E-state index >= 15 is 0 Å². The van der Waals surface area contributed by atoms with Crippen LogP contribution in [0, 0.1) is 11.8 Å². The van der Waals surface area contributed by atoms with Gasteiger partial charge in [-0.3, -0.25) is 4.79 Å². The highest BCUT2D eigenvalue weighted by atomic mass is 16.4. The van der Waals surface area contributed by atoms with Gasteiger partial charge in [-0.05, 0) is 24.7 Å². The lowest BCUT2D eigenvalue weighted by Crippen LogP contribution is -2.45. The average molecular weight is 294 g/mol. The standard InChI is InChI=1S/C14H22N4O3/c1-9(2)10-5-3-4-6-11(10)15-13(19)8-18-7-12(14(20)21)16-17-18/h7,9-11H,3-6,8H2,1-2H3,(H,15,19)(H,20,21). The summed E-state index contributed by atoms with van der Waals surface area (Å²) in [4.78, 5) is 22.8. The molecule has 21 heavy (non-hydrogen) atoms. The van der Waals surface area contributed by atoms with Gasteiger partial charge in [0.15, 0.2) is 5.69 Å². The van der Waals surface area contributed by atoms with E-state index in [1.165, 1.54) is 17.3 Å². The summed E-state index contributed by atoms with van der Waals surface area (Å²) in [5.41, 5.74) is -0.152. The molecule has 0 saturated heterocycles. The number of aromatic nitrogens is 3. The topological polar surface area (TPSA) is 97.1 Å². The van der Waals surface area contributed by atoms with Gasteiger partial charge in [-0.25, -0.2) is 9.48 Å². The fourth-order valence-electron chi connectivity index (χ4n) is 3.01. The summed E-state index contributed by atoms with van der Waals surface area (Å²) in [5.74, 6) is -0.239. The first kappa shape index (κ1) is 15.5. The van der Waals surface area contributed by atoms with Crippen LogP contribution < -0.4 is 5.32 Å². The Morgan fingerprint density at radius 3 is 2.76 bits per heavy atom. The number of amides is 1. The minimum atomic E-state index is -1.14. The summed E-state index contributed by atoms with van der Waals surface area (Å²) in [7, 11) is 0. The van der Waals surface area contributed by atoms with Gasteiger partial charge < -0.3 is 10.4 Å². The lowest BCUT2D eigenvalue weighted by atomic mass is 9.78. The molecule has 1 aliphatic carbocycles. The zero-order valence-electron chi connectivity index (χ0n) is 12.5. The van der Waals surface area contributed by atoms with Gasteiger partial charge in [-0.2, -0.15) is 0 Å². The highest BCUT2D eigenvalue weighted by Crippen LogP contribution is 2.30. The molecule has 7 nitrogen and oxygen atoms in total. The molecule has 2 atom stereocenters. The van der Waals surface area contributed by atoms with E-state index < -0.39 is 5.97 Å². The first-order valence-electron chi connectivity index (χ1n) is 7.40. The molecule has 7 heteroatoms. The van der Waals surface area contributed by atoms with Crippen molar-refractivity contribution in [3.8, 4) is 0 Å². The SMILES string of the molecule is CC(C)C1CCCCC1NC(=O)Cn1cc(C(=O)O)nn1. The van der Waals surface area contributed by atoms with Crippen LogP contribution in [0.3, 0.4) is 0 Å². The lowest BCUT2D eigenvalue weighted by Gasteiger charge is -2.34. The molecule has 1 aromatic rings. The third-order valence-corrected chi connectivity index (χ3v) is 4.09. The highest BCUT2D eigenvalue weighted by molar-refractivity contribution is 5.84. The van der Waals surface area contributed by atoms with E-state index in [4.69, 9.17) is 5.11 Å². The van der Waals surface area contributed by atoms with Gasteiger partial charge in [0, 0.05) is 6.04 Å². The number of rotatable bonds is 5. The van der Waals surface area contributed by atoms with Crippen LogP contribution in [0.25, 0.3) is 0 Å². The van der Waals surface area contributed by atoms with E-state index in [9.17, 15) is 9.59 Å². The smallest absolute Gasteiger partial charge is 0.358 e. The van der Waals surface area contributed by atoms with Crippen LogP contribution in [-0.4, -0.2) is 38.0 Å². The van der Waals surface area contributed by atoms with Crippen LogP contribution in [0.5, 0.6) is 0 Å². The van der Waals surface area contributed by atoms with Crippen molar-refractivity contribution in [3.05, 3.63) is 11.9 Å². The maximum absolute atomic E-state index is 12.1. The number of nitrogens with zero attached hydrogens (tertiary/aromatic N) is 3. The molecule has 0 bridgehead atoms.